The number of pyridine rings is 1. The molecule has 0 atom stereocenters. The first-order valence-electron chi connectivity index (χ1n) is 13.9. The number of anilines is 5. The zero-order chi connectivity index (χ0) is 34.2. The van der Waals surface area contributed by atoms with Gasteiger partial charge in [0.1, 0.15) is 12.5 Å². The summed E-state index contributed by atoms with van der Waals surface area (Å²) in [6, 6.07) is 5.14. The van der Waals surface area contributed by atoms with E-state index in [1.807, 2.05) is 0 Å². The molecule has 1 aromatic carbocycles. The van der Waals surface area contributed by atoms with Gasteiger partial charge in [0.05, 0.1) is 35.3 Å². The summed E-state index contributed by atoms with van der Waals surface area (Å²) in [4.78, 5) is 48.0. The Morgan fingerprint density at radius 3 is 2.33 bits per heavy atom. The number of nitrogens with one attached hydrogen (secondary N) is 2. The maximum atomic E-state index is 14.8. The van der Waals surface area contributed by atoms with Crippen LogP contribution in [0.4, 0.5) is 33.5 Å². The molecular weight excluding hydrogens is 600 g/mol. The SMILES string of the molecule is [2H]C([2H])([2H])C1(C([2H])([2H])[2H])Oc2ccc(Nc3nc(Nc4cc(OC)c(OC)c(OC)c4)ncc3F)nc2N(COP(=O)([O-])[O-])C1=O.[Na+].[Na+]. The number of amides is 1. The summed E-state index contributed by atoms with van der Waals surface area (Å²) in [5.41, 5.74) is -3.18. The standard InChI is InChI=1S/C23H26FN6O9P.2Na/c1-23(2)21(31)30(11-38-40(32,33)34)20-14(39-23)6-7-17(28-20)27-19-13(24)10-25-22(29-19)26-12-8-15(35-3)18(37-5)16(9-12)36-4;;/h6-10H,11H2,1-5H3,(H2,32,33,34)(H2,25,26,27,28,29);;/q;2*+1/p-2/i1D3,2D3;;. The van der Waals surface area contributed by atoms with E-state index in [0.29, 0.717) is 22.9 Å². The van der Waals surface area contributed by atoms with E-state index in [9.17, 15) is 23.5 Å². The number of benzene rings is 1. The second-order valence-electron chi connectivity index (χ2n) is 7.79. The molecule has 3 heterocycles. The number of carbonyl (C=O) groups is 1. The van der Waals surface area contributed by atoms with E-state index < -0.39 is 63.0 Å². The third-order valence-electron chi connectivity index (χ3n) is 5.16. The molecule has 0 unspecified atom stereocenters. The number of halogens is 1. The van der Waals surface area contributed by atoms with Crippen LogP contribution in [0.2, 0.25) is 0 Å². The number of nitrogens with zero attached hydrogens (tertiary/aromatic N) is 4. The van der Waals surface area contributed by atoms with Crippen molar-refractivity contribution in [3.05, 3.63) is 36.3 Å². The van der Waals surface area contributed by atoms with Crippen LogP contribution in [0.5, 0.6) is 23.0 Å². The van der Waals surface area contributed by atoms with E-state index in [4.69, 9.17) is 27.2 Å². The topological polar surface area (TPSA) is 192 Å². The van der Waals surface area contributed by atoms with Crippen molar-refractivity contribution in [2.24, 2.45) is 0 Å². The van der Waals surface area contributed by atoms with E-state index in [0.717, 1.165) is 18.3 Å². The predicted molar refractivity (Wildman–Crippen MR) is 135 cm³/mol. The molecule has 0 radical (unpaired) electrons. The Hall–Kier alpha value is -2.24. The van der Waals surface area contributed by atoms with Crippen molar-refractivity contribution < 1.29 is 114 Å². The van der Waals surface area contributed by atoms with Crippen molar-refractivity contribution in [2.75, 3.05) is 43.6 Å². The van der Waals surface area contributed by atoms with Gasteiger partial charge < -0.3 is 48.5 Å². The van der Waals surface area contributed by atoms with Gasteiger partial charge in [-0.3, -0.25) is 9.69 Å². The summed E-state index contributed by atoms with van der Waals surface area (Å²) in [7, 11) is -1.55. The van der Waals surface area contributed by atoms with Crippen LogP contribution in [0.15, 0.2) is 30.5 Å². The molecular formula is C23H24FN6Na2O9P. The van der Waals surface area contributed by atoms with Crippen LogP contribution < -0.4 is 103 Å². The summed E-state index contributed by atoms with van der Waals surface area (Å²) < 4.78 is 98.1. The summed E-state index contributed by atoms with van der Waals surface area (Å²) in [6.45, 7) is -8.72. The van der Waals surface area contributed by atoms with Crippen LogP contribution in [0, 0.1) is 5.82 Å². The molecule has 214 valence electrons. The molecule has 1 amide bonds. The molecule has 0 bridgehead atoms. The van der Waals surface area contributed by atoms with Gasteiger partial charge >= 0.3 is 59.1 Å². The number of methoxy groups -OCH3 is 3. The Bertz CT molecular complexity index is 1670. The van der Waals surface area contributed by atoms with Crippen molar-refractivity contribution in [1.82, 2.24) is 15.0 Å². The van der Waals surface area contributed by atoms with Gasteiger partial charge in [0.2, 0.25) is 11.7 Å². The number of ether oxygens (including phenoxy) is 4. The molecule has 1 aliphatic heterocycles. The van der Waals surface area contributed by atoms with Crippen LogP contribution >= 0.6 is 7.82 Å². The fourth-order valence-corrected chi connectivity index (χ4v) is 3.70. The van der Waals surface area contributed by atoms with Crippen LogP contribution in [-0.4, -0.2) is 54.5 Å². The molecule has 2 N–H and O–H groups in total. The molecule has 4 rings (SSSR count). The monoisotopic (exact) mass is 630 g/mol. The maximum Gasteiger partial charge on any atom is 1.00 e. The third kappa shape index (κ3) is 8.23. The van der Waals surface area contributed by atoms with Crippen LogP contribution in [-0.2, 0) is 13.9 Å². The molecule has 0 spiro atoms. The first kappa shape index (κ1) is 27.3. The van der Waals surface area contributed by atoms with Crippen molar-refractivity contribution in [1.29, 1.82) is 0 Å². The first-order chi connectivity index (χ1) is 21.3. The molecule has 42 heavy (non-hydrogen) atoms. The Labute approximate surface area is 292 Å². The van der Waals surface area contributed by atoms with E-state index in [1.54, 1.807) is 0 Å². The zero-order valence-corrected chi connectivity index (χ0v) is 27.8. The Morgan fingerprint density at radius 1 is 1.10 bits per heavy atom. The van der Waals surface area contributed by atoms with Crippen LogP contribution in [0.25, 0.3) is 0 Å². The van der Waals surface area contributed by atoms with Crippen molar-refractivity contribution in [2.45, 2.75) is 19.3 Å². The summed E-state index contributed by atoms with van der Waals surface area (Å²) >= 11 is 0. The van der Waals surface area contributed by atoms with Gasteiger partial charge in [-0.05, 0) is 25.8 Å². The van der Waals surface area contributed by atoms with Gasteiger partial charge in [0.15, 0.2) is 40.3 Å². The summed E-state index contributed by atoms with van der Waals surface area (Å²) in [5, 5.41) is 5.36. The quantitative estimate of drug-likeness (QED) is 0.162. The molecule has 0 saturated heterocycles. The third-order valence-corrected chi connectivity index (χ3v) is 5.59. The van der Waals surface area contributed by atoms with E-state index in [1.165, 1.54) is 33.5 Å². The Morgan fingerprint density at radius 2 is 1.76 bits per heavy atom. The normalized spacial score (nSPS) is 16.2. The largest absolute Gasteiger partial charge is 1.00 e. The zero-order valence-electron chi connectivity index (χ0n) is 28.9. The summed E-state index contributed by atoms with van der Waals surface area (Å²) in [6.07, 6.45) is 0.807. The van der Waals surface area contributed by atoms with Gasteiger partial charge in [0.25, 0.3) is 5.91 Å². The smallest absolute Gasteiger partial charge is 0.790 e. The minimum Gasteiger partial charge on any atom is -0.790 e. The second-order valence-corrected chi connectivity index (χ2v) is 8.95. The molecule has 15 nitrogen and oxygen atoms in total. The van der Waals surface area contributed by atoms with Crippen molar-refractivity contribution in [3.8, 4) is 23.0 Å². The number of fused-ring (bicyclic) bond motifs is 1. The van der Waals surface area contributed by atoms with E-state index in [-0.39, 0.29) is 75.8 Å². The fourth-order valence-electron chi connectivity index (χ4n) is 3.44. The Balaban J connectivity index is 0.00000400. The number of rotatable bonds is 10. The van der Waals surface area contributed by atoms with E-state index >= 15 is 0 Å². The van der Waals surface area contributed by atoms with Gasteiger partial charge in [0, 0.05) is 26.0 Å². The molecule has 19 heteroatoms. The van der Waals surface area contributed by atoms with Gasteiger partial charge in [-0.15, -0.1) is 0 Å². The fraction of sp³-hybridized carbons (Fsp3) is 0.304. The number of phosphoric ester groups is 1. The van der Waals surface area contributed by atoms with Crippen molar-refractivity contribution in [3.63, 3.8) is 0 Å². The average Bonchev–Trinajstić information content (AvgIpc) is 2.95. The minimum atomic E-state index is -5.77. The van der Waals surface area contributed by atoms with Gasteiger partial charge in [-0.25, -0.2) is 14.4 Å². The first-order valence-corrected chi connectivity index (χ1v) is 12.4. The van der Waals surface area contributed by atoms with Crippen molar-refractivity contribution >= 4 is 42.8 Å². The van der Waals surface area contributed by atoms with Crippen LogP contribution in [0.3, 0.4) is 0 Å². The number of hydrogen-bond donors (Lipinski definition) is 2. The molecule has 0 aliphatic carbocycles. The molecule has 0 fully saturated rings. The molecule has 1 aliphatic rings. The minimum absolute atomic E-state index is 0. The van der Waals surface area contributed by atoms with Gasteiger partial charge in [-0.1, -0.05) is 0 Å². The number of hydrogen-bond acceptors (Lipinski definition) is 14. The molecule has 0 saturated carbocycles. The Kier molecular flexibility index (Phi) is 9.42. The number of carbonyl (C=O) groups excluding carboxylic acids is 1. The second kappa shape index (κ2) is 14.5. The molecule has 2 aromatic heterocycles. The van der Waals surface area contributed by atoms with Crippen LogP contribution in [0.1, 0.15) is 21.9 Å². The molecule has 3 aromatic rings. The average molecular weight is 630 g/mol. The predicted octanol–water partition coefficient (Wildman–Crippen LogP) is -4.16. The number of aromatic nitrogens is 3. The van der Waals surface area contributed by atoms with E-state index in [2.05, 4.69) is 30.1 Å². The van der Waals surface area contributed by atoms with Gasteiger partial charge in [-0.2, -0.15) is 4.98 Å². The number of phosphoric acid groups is 1. The maximum absolute atomic E-state index is 14.8. The summed E-state index contributed by atoms with van der Waals surface area (Å²) in [5.74, 6) is -4.04.